The number of phenols is 1. The molecule has 0 heterocycles. The summed E-state index contributed by atoms with van der Waals surface area (Å²) in [5, 5.41) is 11.5. The van der Waals surface area contributed by atoms with Crippen molar-refractivity contribution in [2.45, 2.75) is 0 Å². The van der Waals surface area contributed by atoms with Gasteiger partial charge in [0, 0.05) is 11.8 Å². The second kappa shape index (κ2) is 5.67. The molecule has 3 heteroatoms. The van der Waals surface area contributed by atoms with Gasteiger partial charge in [-0.3, -0.25) is 4.99 Å². The molecule has 0 saturated carbocycles. The summed E-state index contributed by atoms with van der Waals surface area (Å²) in [7, 11) is 1.65. The van der Waals surface area contributed by atoms with Gasteiger partial charge in [0.05, 0.1) is 12.8 Å². The molecule has 3 rings (SSSR count). The topological polar surface area (TPSA) is 41.8 Å². The lowest BCUT2D eigenvalue weighted by atomic mass is 10.0. The molecule has 0 fully saturated rings. The Bertz CT molecular complexity index is 792. The number of hydrogen-bond acceptors (Lipinski definition) is 3. The summed E-state index contributed by atoms with van der Waals surface area (Å²) in [6.07, 6.45) is 1.80. The number of nitrogens with zero attached hydrogens (tertiary/aromatic N) is 1. The first-order valence-corrected chi connectivity index (χ1v) is 6.67. The van der Waals surface area contributed by atoms with Gasteiger partial charge < -0.3 is 9.84 Å². The van der Waals surface area contributed by atoms with Crippen molar-refractivity contribution in [3.8, 4) is 11.5 Å². The minimum atomic E-state index is 0.233. The van der Waals surface area contributed by atoms with Gasteiger partial charge in [0.25, 0.3) is 0 Å². The van der Waals surface area contributed by atoms with Gasteiger partial charge in [-0.15, -0.1) is 0 Å². The maximum absolute atomic E-state index is 9.29. The van der Waals surface area contributed by atoms with Gasteiger partial charge in [-0.1, -0.05) is 30.3 Å². The number of benzene rings is 3. The quantitative estimate of drug-likeness (QED) is 0.725. The SMILES string of the molecule is COc1ccc2ccccc2c1C=Nc1ccc(O)cc1. The number of aliphatic imine (C=N–C) groups is 1. The Balaban J connectivity index is 2.08. The lowest BCUT2D eigenvalue weighted by Gasteiger charge is -2.08. The molecule has 104 valence electrons. The summed E-state index contributed by atoms with van der Waals surface area (Å²) in [5.41, 5.74) is 1.73. The van der Waals surface area contributed by atoms with E-state index in [0.717, 1.165) is 27.8 Å². The number of rotatable bonds is 3. The Morgan fingerprint density at radius 1 is 0.952 bits per heavy atom. The molecule has 0 aliphatic rings. The van der Waals surface area contributed by atoms with Crippen molar-refractivity contribution >= 4 is 22.7 Å². The third-order valence-electron chi connectivity index (χ3n) is 3.34. The van der Waals surface area contributed by atoms with Gasteiger partial charge >= 0.3 is 0 Å². The van der Waals surface area contributed by atoms with Crippen LogP contribution in [-0.4, -0.2) is 18.4 Å². The van der Waals surface area contributed by atoms with E-state index in [4.69, 9.17) is 4.74 Å². The molecular weight excluding hydrogens is 262 g/mol. The zero-order chi connectivity index (χ0) is 14.7. The van der Waals surface area contributed by atoms with Crippen LogP contribution in [-0.2, 0) is 0 Å². The molecule has 0 aliphatic carbocycles. The molecule has 0 unspecified atom stereocenters. The first-order valence-electron chi connectivity index (χ1n) is 6.67. The van der Waals surface area contributed by atoms with Gasteiger partial charge in [-0.2, -0.15) is 0 Å². The van der Waals surface area contributed by atoms with Gasteiger partial charge in [0.1, 0.15) is 11.5 Å². The maximum Gasteiger partial charge on any atom is 0.128 e. The second-order valence-corrected chi connectivity index (χ2v) is 4.68. The van der Waals surface area contributed by atoms with E-state index in [2.05, 4.69) is 17.1 Å². The zero-order valence-electron chi connectivity index (χ0n) is 11.7. The summed E-state index contributed by atoms with van der Waals surface area (Å²) < 4.78 is 5.43. The number of phenolic OH excluding ortho intramolecular Hbond substituents is 1. The standard InChI is InChI=1S/C18H15NO2/c1-21-18-11-6-13-4-2-3-5-16(13)17(18)12-19-14-7-9-15(20)10-8-14/h2-12,20H,1H3. The monoisotopic (exact) mass is 277 g/mol. The minimum absolute atomic E-state index is 0.233. The van der Waals surface area contributed by atoms with Gasteiger partial charge in [-0.05, 0) is 41.1 Å². The highest BCUT2D eigenvalue weighted by atomic mass is 16.5. The number of ether oxygens (including phenoxy) is 1. The Labute approximate surface area is 123 Å². The molecule has 0 aromatic heterocycles. The summed E-state index contributed by atoms with van der Waals surface area (Å²) in [4.78, 5) is 4.46. The normalized spacial score (nSPS) is 11.1. The molecule has 0 atom stereocenters. The van der Waals surface area contributed by atoms with Crippen molar-refractivity contribution in [1.29, 1.82) is 0 Å². The van der Waals surface area contributed by atoms with Crippen molar-refractivity contribution in [2.75, 3.05) is 7.11 Å². The number of hydrogen-bond donors (Lipinski definition) is 1. The highest BCUT2D eigenvalue weighted by Gasteiger charge is 2.05. The van der Waals surface area contributed by atoms with Crippen LogP contribution in [0.5, 0.6) is 11.5 Å². The van der Waals surface area contributed by atoms with E-state index in [1.165, 1.54) is 0 Å². The lowest BCUT2D eigenvalue weighted by Crippen LogP contribution is -1.92. The van der Waals surface area contributed by atoms with Crippen molar-refractivity contribution < 1.29 is 9.84 Å². The molecule has 3 aromatic rings. The first kappa shape index (κ1) is 13.2. The molecule has 0 amide bonds. The molecule has 21 heavy (non-hydrogen) atoms. The highest BCUT2D eigenvalue weighted by Crippen LogP contribution is 2.27. The van der Waals surface area contributed by atoms with Gasteiger partial charge in [-0.25, -0.2) is 0 Å². The van der Waals surface area contributed by atoms with E-state index in [1.807, 2.05) is 24.3 Å². The fraction of sp³-hybridized carbons (Fsp3) is 0.0556. The molecule has 0 spiro atoms. The molecule has 3 aromatic carbocycles. The summed E-state index contributed by atoms with van der Waals surface area (Å²) in [6, 6.07) is 18.9. The Morgan fingerprint density at radius 2 is 1.71 bits per heavy atom. The zero-order valence-corrected chi connectivity index (χ0v) is 11.7. The largest absolute Gasteiger partial charge is 0.508 e. The van der Waals surface area contributed by atoms with Gasteiger partial charge in [0.15, 0.2) is 0 Å². The average molecular weight is 277 g/mol. The molecule has 0 aliphatic heterocycles. The van der Waals surface area contributed by atoms with E-state index >= 15 is 0 Å². The lowest BCUT2D eigenvalue weighted by molar-refractivity contribution is 0.415. The van der Waals surface area contributed by atoms with Crippen molar-refractivity contribution in [3.63, 3.8) is 0 Å². The average Bonchev–Trinajstić information content (AvgIpc) is 2.54. The Morgan fingerprint density at radius 3 is 2.48 bits per heavy atom. The molecule has 3 nitrogen and oxygen atoms in total. The summed E-state index contributed by atoms with van der Waals surface area (Å²) in [6.45, 7) is 0. The summed E-state index contributed by atoms with van der Waals surface area (Å²) >= 11 is 0. The van der Waals surface area contributed by atoms with E-state index in [-0.39, 0.29) is 5.75 Å². The second-order valence-electron chi connectivity index (χ2n) is 4.68. The van der Waals surface area contributed by atoms with Crippen molar-refractivity contribution in [1.82, 2.24) is 0 Å². The molecule has 0 saturated heterocycles. The van der Waals surface area contributed by atoms with E-state index in [0.29, 0.717) is 0 Å². The van der Waals surface area contributed by atoms with Gasteiger partial charge in [0.2, 0.25) is 0 Å². The predicted octanol–water partition coefficient (Wildman–Crippen LogP) is 4.30. The summed E-state index contributed by atoms with van der Waals surface area (Å²) in [5.74, 6) is 1.02. The van der Waals surface area contributed by atoms with Crippen LogP contribution >= 0.6 is 0 Å². The highest BCUT2D eigenvalue weighted by molar-refractivity contribution is 6.03. The van der Waals surface area contributed by atoms with Crippen LogP contribution in [0.3, 0.4) is 0 Å². The molecule has 1 N–H and O–H groups in total. The predicted molar refractivity (Wildman–Crippen MR) is 85.9 cm³/mol. The van der Waals surface area contributed by atoms with Crippen LogP contribution in [0.4, 0.5) is 5.69 Å². The smallest absolute Gasteiger partial charge is 0.128 e. The van der Waals surface area contributed by atoms with Crippen LogP contribution < -0.4 is 4.74 Å². The Hall–Kier alpha value is -2.81. The van der Waals surface area contributed by atoms with Crippen LogP contribution in [0, 0.1) is 0 Å². The Kier molecular flexibility index (Phi) is 3.56. The van der Waals surface area contributed by atoms with Crippen LogP contribution in [0.1, 0.15) is 5.56 Å². The third kappa shape index (κ3) is 2.72. The van der Waals surface area contributed by atoms with Crippen LogP contribution in [0.25, 0.3) is 10.8 Å². The molecular formula is C18H15NO2. The van der Waals surface area contributed by atoms with Crippen LogP contribution in [0.15, 0.2) is 65.7 Å². The number of aromatic hydroxyl groups is 1. The molecule has 0 radical (unpaired) electrons. The minimum Gasteiger partial charge on any atom is -0.508 e. The first-order chi connectivity index (χ1) is 10.3. The maximum atomic E-state index is 9.29. The van der Waals surface area contributed by atoms with E-state index < -0.39 is 0 Å². The van der Waals surface area contributed by atoms with E-state index in [1.54, 1.807) is 37.6 Å². The fourth-order valence-electron chi connectivity index (χ4n) is 2.26. The third-order valence-corrected chi connectivity index (χ3v) is 3.34. The number of fused-ring (bicyclic) bond motifs is 1. The van der Waals surface area contributed by atoms with Crippen molar-refractivity contribution in [2.24, 2.45) is 4.99 Å². The molecule has 0 bridgehead atoms. The van der Waals surface area contributed by atoms with E-state index in [9.17, 15) is 5.11 Å². The fourth-order valence-corrected chi connectivity index (χ4v) is 2.26. The number of methoxy groups -OCH3 is 1. The van der Waals surface area contributed by atoms with Crippen LogP contribution in [0.2, 0.25) is 0 Å². The van der Waals surface area contributed by atoms with Crippen molar-refractivity contribution in [3.05, 3.63) is 66.2 Å².